The maximum Gasteiger partial charge on any atom is 0.110 e. The van der Waals surface area contributed by atoms with Crippen LogP contribution in [0, 0.1) is 6.92 Å². The van der Waals surface area contributed by atoms with Crippen LogP contribution in [0.2, 0.25) is 0 Å². The molecule has 0 amide bonds. The molecule has 0 atom stereocenters. The normalized spacial score (nSPS) is 11.1. The van der Waals surface area contributed by atoms with Gasteiger partial charge in [0.05, 0.1) is 0 Å². The van der Waals surface area contributed by atoms with Crippen LogP contribution in [0.5, 0.6) is 0 Å². The number of aromatic amines is 1. The highest BCUT2D eigenvalue weighted by molar-refractivity contribution is 9.10. The molecule has 1 aromatic carbocycles. The van der Waals surface area contributed by atoms with E-state index in [1.165, 1.54) is 5.56 Å². The Morgan fingerprint density at radius 3 is 2.31 bits per heavy atom. The Labute approximate surface area is 104 Å². The van der Waals surface area contributed by atoms with E-state index in [9.17, 15) is 0 Å². The van der Waals surface area contributed by atoms with Gasteiger partial charge in [0.25, 0.3) is 0 Å². The number of hydrogen-bond donors (Lipinski definition) is 1. The summed E-state index contributed by atoms with van der Waals surface area (Å²) >= 11 is 3.52. The highest BCUT2D eigenvalue weighted by Crippen LogP contribution is 2.28. The minimum atomic E-state index is 0.412. The fourth-order valence-electron chi connectivity index (χ4n) is 1.55. The molecule has 84 valence electrons. The van der Waals surface area contributed by atoms with Gasteiger partial charge in [-0.3, -0.25) is 0 Å². The van der Waals surface area contributed by atoms with Crippen molar-refractivity contribution in [2.45, 2.75) is 26.7 Å². The molecule has 0 unspecified atom stereocenters. The van der Waals surface area contributed by atoms with Gasteiger partial charge in [0.2, 0.25) is 0 Å². The molecular formula is C13H15BrN2. The van der Waals surface area contributed by atoms with Crippen molar-refractivity contribution in [1.29, 1.82) is 0 Å². The fourth-order valence-corrected chi connectivity index (χ4v) is 2.07. The van der Waals surface area contributed by atoms with Gasteiger partial charge in [0.15, 0.2) is 0 Å². The molecule has 0 fully saturated rings. The van der Waals surface area contributed by atoms with Crippen LogP contribution < -0.4 is 0 Å². The minimum Gasteiger partial charge on any atom is -0.336 e. The lowest BCUT2D eigenvalue weighted by Crippen LogP contribution is -1.89. The van der Waals surface area contributed by atoms with Crippen molar-refractivity contribution < 1.29 is 0 Å². The van der Waals surface area contributed by atoms with Crippen molar-refractivity contribution >= 4 is 15.9 Å². The zero-order valence-electron chi connectivity index (χ0n) is 9.71. The third kappa shape index (κ3) is 2.19. The topological polar surface area (TPSA) is 28.7 Å². The van der Waals surface area contributed by atoms with Crippen molar-refractivity contribution in [1.82, 2.24) is 9.97 Å². The number of aryl methyl sites for hydroxylation is 1. The second kappa shape index (κ2) is 4.42. The molecule has 16 heavy (non-hydrogen) atoms. The van der Waals surface area contributed by atoms with Gasteiger partial charge < -0.3 is 4.98 Å². The lowest BCUT2D eigenvalue weighted by atomic mass is 10.1. The van der Waals surface area contributed by atoms with Crippen LogP contribution in [-0.4, -0.2) is 9.97 Å². The molecule has 1 aromatic heterocycles. The van der Waals surface area contributed by atoms with Gasteiger partial charge in [-0.15, -0.1) is 0 Å². The monoisotopic (exact) mass is 278 g/mol. The number of aromatic nitrogens is 2. The molecule has 0 aliphatic heterocycles. The fraction of sp³-hybridized carbons (Fsp3) is 0.308. The molecule has 2 rings (SSSR count). The summed E-state index contributed by atoms with van der Waals surface area (Å²) < 4.78 is 0.958. The number of hydrogen-bond acceptors (Lipinski definition) is 1. The number of halogens is 1. The summed E-state index contributed by atoms with van der Waals surface area (Å²) in [5, 5.41) is 0. The van der Waals surface area contributed by atoms with Gasteiger partial charge in [-0.1, -0.05) is 43.7 Å². The standard InChI is InChI=1S/C13H15BrN2/c1-8(2)13-15-11(12(14)16-13)10-6-4-9(3)5-7-10/h4-8H,1-3H3,(H,15,16). The third-order valence-corrected chi connectivity index (χ3v) is 3.12. The average Bonchev–Trinajstić information content (AvgIpc) is 2.62. The summed E-state index contributed by atoms with van der Waals surface area (Å²) in [6.45, 7) is 6.34. The Morgan fingerprint density at radius 2 is 1.81 bits per heavy atom. The van der Waals surface area contributed by atoms with E-state index in [-0.39, 0.29) is 0 Å². The van der Waals surface area contributed by atoms with Crippen molar-refractivity contribution in [3.63, 3.8) is 0 Å². The first-order valence-electron chi connectivity index (χ1n) is 5.40. The summed E-state index contributed by atoms with van der Waals surface area (Å²) in [4.78, 5) is 7.87. The van der Waals surface area contributed by atoms with Crippen LogP contribution in [0.3, 0.4) is 0 Å². The molecule has 2 aromatic rings. The van der Waals surface area contributed by atoms with E-state index in [1.54, 1.807) is 0 Å². The second-order valence-corrected chi connectivity index (χ2v) is 5.10. The predicted octanol–water partition coefficient (Wildman–Crippen LogP) is 4.27. The van der Waals surface area contributed by atoms with Gasteiger partial charge in [-0.05, 0) is 22.9 Å². The highest BCUT2D eigenvalue weighted by atomic mass is 79.9. The molecular weight excluding hydrogens is 264 g/mol. The Kier molecular flexibility index (Phi) is 3.15. The van der Waals surface area contributed by atoms with Crippen molar-refractivity contribution in [2.24, 2.45) is 0 Å². The number of nitrogens with one attached hydrogen (secondary N) is 1. The summed E-state index contributed by atoms with van der Waals surface area (Å²) in [5.74, 6) is 1.43. The Morgan fingerprint density at radius 1 is 1.19 bits per heavy atom. The maximum absolute atomic E-state index is 4.61. The molecule has 3 heteroatoms. The predicted molar refractivity (Wildman–Crippen MR) is 70.5 cm³/mol. The van der Waals surface area contributed by atoms with Gasteiger partial charge >= 0.3 is 0 Å². The quantitative estimate of drug-likeness (QED) is 0.873. The number of rotatable bonds is 2. The van der Waals surface area contributed by atoms with E-state index in [2.05, 4.69) is 70.9 Å². The first kappa shape index (κ1) is 11.4. The Hall–Kier alpha value is -1.09. The summed E-state index contributed by atoms with van der Waals surface area (Å²) in [7, 11) is 0. The van der Waals surface area contributed by atoms with Gasteiger partial charge in [0, 0.05) is 11.5 Å². The van der Waals surface area contributed by atoms with Crippen LogP contribution in [0.1, 0.15) is 31.2 Å². The molecule has 1 N–H and O–H groups in total. The van der Waals surface area contributed by atoms with E-state index in [4.69, 9.17) is 0 Å². The first-order valence-corrected chi connectivity index (χ1v) is 6.19. The second-order valence-electron chi connectivity index (χ2n) is 4.31. The highest BCUT2D eigenvalue weighted by Gasteiger charge is 2.11. The van der Waals surface area contributed by atoms with Crippen molar-refractivity contribution in [3.05, 3.63) is 40.3 Å². The van der Waals surface area contributed by atoms with E-state index >= 15 is 0 Å². The van der Waals surface area contributed by atoms with Crippen molar-refractivity contribution in [3.8, 4) is 11.3 Å². The molecule has 0 spiro atoms. The van der Waals surface area contributed by atoms with Gasteiger partial charge in [-0.25, -0.2) is 4.98 Å². The number of benzene rings is 1. The number of imidazole rings is 1. The van der Waals surface area contributed by atoms with E-state index in [0.717, 1.165) is 21.7 Å². The Bertz CT molecular complexity index is 483. The third-order valence-electron chi connectivity index (χ3n) is 2.55. The molecule has 2 nitrogen and oxygen atoms in total. The summed E-state index contributed by atoms with van der Waals surface area (Å²) in [6.07, 6.45) is 0. The van der Waals surface area contributed by atoms with Gasteiger partial charge in [0.1, 0.15) is 16.1 Å². The molecule has 1 heterocycles. The Balaban J connectivity index is 2.44. The number of H-pyrrole nitrogens is 1. The summed E-state index contributed by atoms with van der Waals surface area (Å²) in [6, 6.07) is 8.40. The smallest absolute Gasteiger partial charge is 0.110 e. The molecule has 0 bridgehead atoms. The van der Waals surface area contributed by atoms with Crippen LogP contribution in [0.15, 0.2) is 28.9 Å². The van der Waals surface area contributed by atoms with Crippen LogP contribution in [-0.2, 0) is 0 Å². The largest absolute Gasteiger partial charge is 0.336 e. The zero-order chi connectivity index (χ0) is 11.7. The van der Waals surface area contributed by atoms with Gasteiger partial charge in [-0.2, -0.15) is 0 Å². The van der Waals surface area contributed by atoms with E-state index in [1.807, 2.05) is 0 Å². The molecule has 0 saturated heterocycles. The van der Waals surface area contributed by atoms with Crippen LogP contribution >= 0.6 is 15.9 Å². The minimum absolute atomic E-state index is 0.412. The molecule has 0 aliphatic rings. The molecule has 0 radical (unpaired) electrons. The SMILES string of the molecule is Cc1ccc(-c2nc(C(C)C)[nH]c2Br)cc1. The molecule has 0 aliphatic carbocycles. The summed E-state index contributed by atoms with van der Waals surface area (Å²) in [5.41, 5.74) is 3.39. The lowest BCUT2D eigenvalue weighted by Gasteiger charge is -1.99. The van der Waals surface area contributed by atoms with Crippen molar-refractivity contribution in [2.75, 3.05) is 0 Å². The number of nitrogens with zero attached hydrogens (tertiary/aromatic N) is 1. The zero-order valence-corrected chi connectivity index (χ0v) is 11.3. The average molecular weight is 279 g/mol. The first-order chi connectivity index (χ1) is 7.58. The van der Waals surface area contributed by atoms with Crippen LogP contribution in [0.25, 0.3) is 11.3 Å². The van der Waals surface area contributed by atoms with Crippen LogP contribution in [0.4, 0.5) is 0 Å². The maximum atomic E-state index is 4.61. The van der Waals surface area contributed by atoms with E-state index in [0.29, 0.717) is 5.92 Å². The molecule has 0 saturated carbocycles. The van der Waals surface area contributed by atoms with E-state index < -0.39 is 0 Å². The lowest BCUT2D eigenvalue weighted by molar-refractivity contribution is 0.793.